The van der Waals surface area contributed by atoms with E-state index in [0.29, 0.717) is 17.9 Å². The Balaban J connectivity index is 2.32. The summed E-state index contributed by atoms with van der Waals surface area (Å²) in [6.07, 6.45) is 0. The van der Waals surface area contributed by atoms with Crippen molar-refractivity contribution >= 4 is 17.6 Å². The van der Waals surface area contributed by atoms with Crippen LogP contribution in [-0.2, 0) is 16.1 Å². The van der Waals surface area contributed by atoms with Gasteiger partial charge in [-0.3, -0.25) is 14.5 Å². The minimum atomic E-state index is -0.518. The number of hydrogen-bond acceptors (Lipinski definition) is 4. The lowest BCUT2D eigenvalue weighted by Crippen LogP contribution is -2.43. The highest BCUT2D eigenvalue weighted by Crippen LogP contribution is 2.27. The monoisotopic (exact) mass is 399 g/mol. The molecule has 0 aliphatic heterocycles. The van der Waals surface area contributed by atoms with Gasteiger partial charge in [0.2, 0.25) is 11.8 Å². The molecule has 2 aromatic rings. The first-order chi connectivity index (χ1) is 13.6. The van der Waals surface area contributed by atoms with Crippen LogP contribution in [0.4, 0.5) is 10.2 Å². The average molecular weight is 399 g/mol. The fourth-order valence-electron chi connectivity index (χ4n) is 3.08. The van der Waals surface area contributed by atoms with Crippen molar-refractivity contribution in [3.63, 3.8) is 0 Å². The van der Waals surface area contributed by atoms with Crippen LogP contribution in [0.2, 0.25) is 0 Å². The van der Waals surface area contributed by atoms with Gasteiger partial charge in [0.1, 0.15) is 17.7 Å². The molecule has 0 bridgehead atoms. The molecule has 1 heterocycles. The number of amides is 2. The fourth-order valence-corrected chi connectivity index (χ4v) is 3.08. The molecule has 2 amide bonds. The van der Waals surface area contributed by atoms with Gasteiger partial charge in [0, 0.05) is 18.3 Å². The van der Waals surface area contributed by atoms with Crippen LogP contribution in [0.1, 0.15) is 36.2 Å². The number of nitrogens with zero attached hydrogens (tertiary/aromatic N) is 3. The summed E-state index contributed by atoms with van der Waals surface area (Å²) in [5.41, 5.74) is 8.08. The second kappa shape index (κ2) is 9.34. The second-order valence-electron chi connectivity index (χ2n) is 7.27. The highest BCUT2D eigenvalue weighted by molar-refractivity contribution is 5.93. The van der Waals surface area contributed by atoms with Crippen LogP contribution >= 0.6 is 0 Å². The van der Waals surface area contributed by atoms with E-state index >= 15 is 0 Å². The second-order valence-corrected chi connectivity index (χ2v) is 7.27. The van der Waals surface area contributed by atoms with Crippen LogP contribution in [0.25, 0.3) is 0 Å². The number of hydrogen-bond donors (Lipinski definition) is 2. The van der Waals surface area contributed by atoms with Gasteiger partial charge < -0.3 is 15.6 Å². The Morgan fingerprint density at radius 3 is 2.38 bits per heavy atom. The van der Waals surface area contributed by atoms with Crippen LogP contribution in [0, 0.1) is 31.0 Å². The topological polar surface area (TPSA) is 104 Å². The van der Waals surface area contributed by atoms with Crippen molar-refractivity contribution in [2.75, 3.05) is 18.4 Å². The van der Waals surface area contributed by atoms with Crippen molar-refractivity contribution in [1.82, 2.24) is 9.47 Å². The summed E-state index contributed by atoms with van der Waals surface area (Å²) in [6.45, 7) is 7.71. The summed E-state index contributed by atoms with van der Waals surface area (Å²) in [4.78, 5) is 25.6. The zero-order valence-electron chi connectivity index (χ0n) is 17.1. The average Bonchev–Trinajstić information content (AvgIpc) is 2.86. The number of carbonyl (C=O) groups is 2. The van der Waals surface area contributed by atoms with Crippen LogP contribution < -0.4 is 11.1 Å². The maximum absolute atomic E-state index is 13.2. The largest absolute Gasteiger partial charge is 0.369 e. The van der Waals surface area contributed by atoms with Crippen molar-refractivity contribution in [1.29, 1.82) is 5.26 Å². The van der Waals surface area contributed by atoms with Crippen LogP contribution in [0.3, 0.4) is 0 Å². The SMILES string of the molecule is Cc1c(C#N)c(NC(=O)CN(CC(N)=O)C(C)C)n(Cc2ccc(F)cc2)c1C. The molecular weight excluding hydrogens is 373 g/mol. The molecule has 1 aromatic heterocycles. The molecule has 154 valence electrons. The third kappa shape index (κ3) is 5.42. The first-order valence-electron chi connectivity index (χ1n) is 9.30. The van der Waals surface area contributed by atoms with E-state index in [4.69, 9.17) is 5.73 Å². The van der Waals surface area contributed by atoms with Gasteiger partial charge in [-0.05, 0) is 51.0 Å². The van der Waals surface area contributed by atoms with Crippen molar-refractivity contribution in [3.05, 3.63) is 52.5 Å². The Labute approximate surface area is 169 Å². The molecule has 29 heavy (non-hydrogen) atoms. The molecule has 0 saturated carbocycles. The first kappa shape index (κ1) is 22.1. The molecule has 0 unspecified atom stereocenters. The molecule has 0 aliphatic rings. The summed E-state index contributed by atoms with van der Waals surface area (Å²) >= 11 is 0. The van der Waals surface area contributed by atoms with Gasteiger partial charge in [-0.25, -0.2) is 4.39 Å². The number of nitrogens with two attached hydrogens (primary N) is 1. The van der Waals surface area contributed by atoms with Gasteiger partial charge in [0.25, 0.3) is 0 Å². The highest BCUT2D eigenvalue weighted by atomic mass is 19.1. The fraction of sp³-hybridized carbons (Fsp3) is 0.381. The van der Waals surface area contributed by atoms with Gasteiger partial charge in [-0.2, -0.15) is 5.26 Å². The molecule has 0 saturated heterocycles. The number of rotatable bonds is 8. The molecule has 0 radical (unpaired) electrons. The van der Waals surface area contributed by atoms with Gasteiger partial charge >= 0.3 is 0 Å². The maximum atomic E-state index is 13.2. The van der Waals surface area contributed by atoms with Crippen LogP contribution in [-0.4, -0.2) is 40.4 Å². The lowest BCUT2D eigenvalue weighted by Gasteiger charge is -2.24. The Kier molecular flexibility index (Phi) is 7.13. The molecular formula is C21H26FN5O2. The van der Waals surface area contributed by atoms with Crippen molar-refractivity contribution in [2.45, 2.75) is 40.3 Å². The number of primary amides is 1. The lowest BCUT2D eigenvalue weighted by molar-refractivity contribution is -0.121. The minimum absolute atomic E-state index is 0.0364. The molecule has 0 fully saturated rings. The lowest BCUT2D eigenvalue weighted by atomic mass is 10.2. The minimum Gasteiger partial charge on any atom is -0.369 e. The van der Waals surface area contributed by atoms with Gasteiger partial charge in [-0.1, -0.05) is 12.1 Å². The predicted molar refractivity (Wildman–Crippen MR) is 109 cm³/mol. The molecule has 0 atom stereocenters. The number of benzene rings is 1. The number of halogens is 1. The summed E-state index contributed by atoms with van der Waals surface area (Å²) in [5, 5.41) is 12.4. The van der Waals surface area contributed by atoms with Gasteiger partial charge in [0.05, 0.1) is 18.7 Å². The van der Waals surface area contributed by atoms with E-state index < -0.39 is 5.91 Å². The van der Waals surface area contributed by atoms with E-state index in [0.717, 1.165) is 16.8 Å². The Morgan fingerprint density at radius 1 is 1.24 bits per heavy atom. The van der Waals surface area contributed by atoms with E-state index in [1.165, 1.54) is 12.1 Å². The number of aromatic nitrogens is 1. The van der Waals surface area contributed by atoms with Gasteiger partial charge in [-0.15, -0.1) is 0 Å². The third-order valence-electron chi connectivity index (χ3n) is 4.89. The number of carbonyl (C=O) groups excluding carboxylic acids is 2. The molecule has 3 N–H and O–H groups in total. The Morgan fingerprint density at radius 2 is 1.86 bits per heavy atom. The third-order valence-corrected chi connectivity index (χ3v) is 4.89. The van der Waals surface area contributed by atoms with Crippen LogP contribution in [0.5, 0.6) is 0 Å². The Hall–Kier alpha value is -3.18. The summed E-state index contributed by atoms with van der Waals surface area (Å²) in [6, 6.07) is 8.16. The van der Waals surface area contributed by atoms with Crippen LogP contribution in [0.15, 0.2) is 24.3 Å². The molecule has 1 aromatic carbocycles. The summed E-state index contributed by atoms with van der Waals surface area (Å²) in [7, 11) is 0. The van der Waals surface area contributed by atoms with Crippen molar-refractivity contribution in [3.8, 4) is 6.07 Å². The van der Waals surface area contributed by atoms with E-state index in [9.17, 15) is 19.2 Å². The molecule has 0 spiro atoms. The number of nitriles is 1. The number of nitrogens with one attached hydrogen (secondary N) is 1. The first-order valence-corrected chi connectivity index (χ1v) is 9.30. The molecule has 8 heteroatoms. The molecule has 7 nitrogen and oxygen atoms in total. The zero-order chi connectivity index (χ0) is 21.7. The highest BCUT2D eigenvalue weighted by Gasteiger charge is 2.22. The zero-order valence-corrected chi connectivity index (χ0v) is 17.1. The van der Waals surface area contributed by atoms with E-state index in [-0.39, 0.29) is 30.9 Å². The number of anilines is 1. The van der Waals surface area contributed by atoms with Gasteiger partial charge in [0.15, 0.2) is 0 Å². The van der Waals surface area contributed by atoms with E-state index in [1.807, 2.05) is 32.3 Å². The molecule has 0 aliphatic carbocycles. The summed E-state index contributed by atoms with van der Waals surface area (Å²) < 4.78 is 15.0. The standard InChI is InChI=1S/C21H26FN5O2/c1-13(2)26(11-19(24)28)12-20(29)25-21-18(9-23)14(3)15(4)27(21)10-16-5-7-17(22)8-6-16/h5-8,13H,10-12H2,1-4H3,(H2,24,28)(H,25,29). The quantitative estimate of drug-likeness (QED) is 0.711. The normalized spacial score (nSPS) is 11.0. The van der Waals surface area contributed by atoms with Crippen molar-refractivity contribution in [2.24, 2.45) is 5.73 Å². The van der Waals surface area contributed by atoms with E-state index in [1.54, 1.807) is 17.0 Å². The maximum Gasteiger partial charge on any atom is 0.239 e. The predicted octanol–water partition coefficient (Wildman–Crippen LogP) is 2.30. The smallest absolute Gasteiger partial charge is 0.239 e. The Bertz CT molecular complexity index is 941. The van der Waals surface area contributed by atoms with E-state index in [2.05, 4.69) is 11.4 Å². The van der Waals surface area contributed by atoms with Crippen molar-refractivity contribution < 1.29 is 14.0 Å². The molecule has 2 rings (SSSR count). The summed E-state index contributed by atoms with van der Waals surface area (Å²) in [5.74, 6) is -0.812.